The van der Waals surface area contributed by atoms with Crippen molar-refractivity contribution in [1.82, 2.24) is 10.2 Å². The molecule has 1 aromatic heterocycles. The van der Waals surface area contributed by atoms with Crippen molar-refractivity contribution in [3.8, 4) is 0 Å². The minimum atomic E-state index is -0.0415. The third kappa shape index (κ3) is 5.82. The van der Waals surface area contributed by atoms with Gasteiger partial charge in [0.25, 0.3) is 0 Å². The van der Waals surface area contributed by atoms with Gasteiger partial charge in [0.1, 0.15) is 0 Å². The van der Waals surface area contributed by atoms with Crippen LogP contribution in [0.15, 0.2) is 45.1 Å². The van der Waals surface area contributed by atoms with Gasteiger partial charge in [-0.1, -0.05) is 64.7 Å². The number of thioether (sulfide) groups is 2. The standard InChI is InChI=1S/C15H17N3OS3/c1-10(2)8-20-14-17-18-15(22-14)21-9-13(19)16-12-6-4-11(3)5-7-12/h4-7H,1,8-9H2,2-3H3,(H,16,19). The summed E-state index contributed by atoms with van der Waals surface area (Å²) in [7, 11) is 0. The SMILES string of the molecule is C=C(C)CSc1nnc(SCC(=O)Nc2ccc(C)cc2)s1. The summed E-state index contributed by atoms with van der Waals surface area (Å²) in [6, 6.07) is 7.74. The first kappa shape index (κ1) is 17.1. The van der Waals surface area contributed by atoms with E-state index < -0.39 is 0 Å². The van der Waals surface area contributed by atoms with E-state index in [1.54, 1.807) is 11.8 Å². The Bertz CT molecular complexity index is 652. The number of carbonyl (C=O) groups is 1. The van der Waals surface area contributed by atoms with Crippen molar-refractivity contribution >= 4 is 46.5 Å². The molecule has 0 fully saturated rings. The van der Waals surface area contributed by atoms with Crippen LogP contribution in [0.5, 0.6) is 0 Å². The average Bonchev–Trinajstić information content (AvgIpc) is 2.93. The summed E-state index contributed by atoms with van der Waals surface area (Å²) in [6.45, 7) is 7.86. The summed E-state index contributed by atoms with van der Waals surface area (Å²) in [6.07, 6.45) is 0. The van der Waals surface area contributed by atoms with Crippen molar-refractivity contribution in [1.29, 1.82) is 0 Å². The van der Waals surface area contributed by atoms with Crippen LogP contribution in [-0.2, 0) is 4.79 Å². The Hall–Kier alpha value is -1.31. The lowest BCUT2D eigenvalue weighted by atomic mass is 10.2. The highest BCUT2D eigenvalue weighted by molar-refractivity contribution is 8.03. The molecule has 0 aliphatic rings. The Labute approximate surface area is 142 Å². The zero-order valence-electron chi connectivity index (χ0n) is 12.5. The van der Waals surface area contributed by atoms with Gasteiger partial charge in [-0.3, -0.25) is 4.79 Å². The van der Waals surface area contributed by atoms with E-state index in [4.69, 9.17) is 0 Å². The van der Waals surface area contributed by atoms with Crippen molar-refractivity contribution in [3.05, 3.63) is 42.0 Å². The van der Waals surface area contributed by atoms with E-state index in [0.29, 0.717) is 5.75 Å². The van der Waals surface area contributed by atoms with E-state index in [9.17, 15) is 4.79 Å². The Morgan fingerprint density at radius 2 is 1.77 bits per heavy atom. The molecular weight excluding hydrogens is 334 g/mol. The molecule has 1 heterocycles. The zero-order valence-corrected chi connectivity index (χ0v) is 14.9. The maximum atomic E-state index is 11.9. The number of nitrogens with one attached hydrogen (secondary N) is 1. The molecular formula is C15H17N3OS3. The van der Waals surface area contributed by atoms with Gasteiger partial charge in [-0.15, -0.1) is 10.2 Å². The van der Waals surface area contributed by atoms with Gasteiger partial charge >= 0.3 is 0 Å². The van der Waals surface area contributed by atoms with Gasteiger partial charge in [-0.05, 0) is 26.0 Å². The van der Waals surface area contributed by atoms with Crippen LogP contribution >= 0.6 is 34.9 Å². The van der Waals surface area contributed by atoms with E-state index in [0.717, 1.165) is 25.7 Å². The summed E-state index contributed by atoms with van der Waals surface area (Å²) in [4.78, 5) is 11.9. The normalized spacial score (nSPS) is 10.5. The second-order valence-corrected chi connectivity index (χ2v) is 8.20. The topological polar surface area (TPSA) is 54.9 Å². The smallest absolute Gasteiger partial charge is 0.234 e. The molecule has 2 rings (SSSR count). The predicted molar refractivity (Wildman–Crippen MR) is 96.0 cm³/mol. The lowest BCUT2D eigenvalue weighted by molar-refractivity contribution is -0.113. The average molecular weight is 352 g/mol. The van der Waals surface area contributed by atoms with Crippen molar-refractivity contribution < 1.29 is 4.79 Å². The summed E-state index contributed by atoms with van der Waals surface area (Å²) >= 11 is 4.53. The molecule has 0 aliphatic carbocycles. The number of anilines is 1. The zero-order chi connectivity index (χ0) is 15.9. The third-order valence-corrected chi connectivity index (χ3v) is 5.91. The summed E-state index contributed by atoms with van der Waals surface area (Å²) in [5.41, 5.74) is 3.08. The molecule has 0 unspecified atom stereocenters. The second-order valence-electron chi connectivity index (χ2n) is 4.78. The summed E-state index contributed by atoms with van der Waals surface area (Å²) < 4.78 is 1.72. The monoisotopic (exact) mass is 351 g/mol. The van der Waals surface area contributed by atoms with Gasteiger partial charge in [-0.2, -0.15) is 0 Å². The molecule has 0 aliphatic heterocycles. The highest BCUT2D eigenvalue weighted by Crippen LogP contribution is 2.29. The lowest BCUT2D eigenvalue weighted by Gasteiger charge is -2.04. The van der Waals surface area contributed by atoms with Gasteiger partial charge in [-0.25, -0.2) is 0 Å². The first-order chi connectivity index (χ1) is 10.5. The van der Waals surface area contributed by atoms with Gasteiger partial charge in [0.15, 0.2) is 8.68 Å². The number of aromatic nitrogens is 2. The number of amides is 1. The van der Waals surface area contributed by atoms with Crippen molar-refractivity contribution in [3.63, 3.8) is 0 Å². The number of aryl methyl sites for hydroxylation is 1. The number of hydrogen-bond acceptors (Lipinski definition) is 6. The fourth-order valence-corrected chi connectivity index (χ4v) is 4.12. The molecule has 0 saturated carbocycles. The molecule has 7 heteroatoms. The first-order valence-electron chi connectivity index (χ1n) is 6.63. The Morgan fingerprint density at radius 3 is 2.36 bits per heavy atom. The highest BCUT2D eigenvalue weighted by atomic mass is 32.2. The minimum Gasteiger partial charge on any atom is -0.325 e. The van der Waals surface area contributed by atoms with Crippen LogP contribution < -0.4 is 5.32 Å². The molecule has 1 amide bonds. The quantitative estimate of drug-likeness (QED) is 0.597. The molecule has 22 heavy (non-hydrogen) atoms. The summed E-state index contributed by atoms with van der Waals surface area (Å²) in [5.74, 6) is 1.13. The van der Waals surface area contributed by atoms with E-state index >= 15 is 0 Å². The minimum absolute atomic E-state index is 0.0415. The number of benzene rings is 1. The highest BCUT2D eigenvalue weighted by Gasteiger charge is 2.09. The van der Waals surface area contributed by atoms with Crippen LogP contribution in [0.3, 0.4) is 0 Å². The Morgan fingerprint density at radius 1 is 1.18 bits per heavy atom. The fraction of sp³-hybridized carbons (Fsp3) is 0.267. The van der Waals surface area contributed by atoms with Crippen LogP contribution in [0, 0.1) is 6.92 Å². The first-order valence-corrected chi connectivity index (χ1v) is 9.41. The van der Waals surface area contributed by atoms with Crippen LogP contribution in [0.2, 0.25) is 0 Å². The molecule has 0 spiro atoms. The number of hydrogen-bond donors (Lipinski definition) is 1. The van der Waals surface area contributed by atoms with E-state index in [2.05, 4.69) is 22.1 Å². The predicted octanol–water partition coefficient (Wildman–Crippen LogP) is 4.25. The second kappa shape index (κ2) is 8.36. The van der Waals surface area contributed by atoms with Gasteiger partial charge in [0, 0.05) is 11.4 Å². The largest absolute Gasteiger partial charge is 0.325 e. The molecule has 0 radical (unpaired) electrons. The molecule has 2 aromatic rings. The van der Waals surface area contributed by atoms with Crippen molar-refractivity contribution in [2.24, 2.45) is 0 Å². The van der Waals surface area contributed by atoms with Gasteiger partial charge in [0.2, 0.25) is 5.91 Å². The Balaban J connectivity index is 1.78. The number of carbonyl (C=O) groups excluding carboxylic acids is 1. The van der Waals surface area contributed by atoms with E-state index in [1.165, 1.54) is 28.7 Å². The van der Waals surface area contributed by atoms with Gasteiger partial charge in [0.05, 0.1) is 5.75 Å². The van der Waals surface area contributed by atoms with Crippen molar-refractivity contribution in [2.45, 2.75) is 22.5 Å². The van der Waals surface area contributed by atoms with Crippen LogP contribution in [0.1, 0.15) is 12.5 Å². The van der Waals surface area contributed by atoms with Crippen LogP contribution in [0.4, 0.5) is 5.69 Å². The Kier molecular flexibility index (Phi) is 6.48. The molecule has 0 bridgehead atoms. The fourth-order valence-electron chi connectivity index (χ4n) is 1.46. The van der Waals surface area contributed by atoms with E-state index in [1.807, 2.05) is 38.1 Å². The molecule has 0 saturated heterocycles. The van der Waals surface area contributed by atoms with Crippen LogP contribution in [-0.4, -0.2) is 27.6 Å². The van der Waals surface area contributed by atoms with Crippen LogP contribution in [0.25, 0.3) is 0 Å². The third-order valence-electron chi connectivity index (χ3n) is 2.49. The number of rotatable bonds is 7. The molecule has 1 N–H and O–H groups in total. The maximum Gasteiger partial charge on any atom is 0.234 e. The summed E-state index contributed by atoms with van der Waals surface area (Å²) in [5, 5.41) is 11.0. The van der Waals surface area contributed by atoms with Gasteiger partial charge < -0.3 is 5.32 Å². The van der Waals surface area contributed by atoms with Crippen molar-refractivity contribution in [2.75, 3.05) is 16.8 Å². The molecule has 0 atom stereocenters. The molecule has 116 valence electrons. The number of nitrogens with zero attached hydrogens (tertiary/aromatic N) is 2. The molecule has 4 nitrogen and oxygen atoms in total. The lowest BCUT2D eigenvalue weighted by Crippen LogP contribution is -2.13. The maximum absolute atomic E-state index is 11.9. The van der Waals surface area contributed by atoms with E-state index in [-0.39, 0.29) is 5.91 Å². The molecule has 1 aromatic carbocycles.